The van der Waals surface area contributed by atoms with Crippen molar-refractivity contribution >= 4 is 40.8 Å². The molecule has 1 heterocycles. The molecule has 0 spiro atoms. The van der Waals surface area contributed by atoms with Crippen LogP contribution in [0.15, 0.2) is 53.2 Å². The Balaban J connectivity index is 1.84. The third kappa shape index (κ3) is 4.70. The van der Waals surface area contributed by atoms with Crippen LogP contribution in [0.4, 0.5) is 11.4 Å². The molecule has 1 aliphatic rings. The molecule has 0 fully saturated rings. The molecule has 1 N–H and O–H groups in total. The summed E-state index contributed by atoms with van der Waals surface area (Å²) in [7, 11) is 2.99. The monoisotopic (exact) mass is 458 g/mol. The number of unbranched alkanes of at least 4 members (excludes halogenated alkanes) is 1. The van der Waals surface area contributed by atoms with Crippen LogP contribution in [-0.4, -0.2) is 38.6 Å². The van der Waals surface area contributed by atoms with Crippen LogP contribution < -0.4 is 19.7 Å². The largest absolute Gasteiger partial charge is 0.497 e. The summed E-state index contributed by atoms with van der Waals surface area (Å²) >= 11 is 6.21. The van der Waals surface area contributed by atoms with E-state index in [1.807, 2.05) is 6.92 Å². The second-order valence-corrected chi connectivity index (χ2v) is 7.24. The minimum atomic E-state index is -0.705. The average Bonchev–Trinajstić information content (AvgIpc) is 3.02. The van der Waals surface area contributed by atoms with Gasteiger partial charge in [-0.05, 0) is 36.8 Å². The van der Waals surface area contributed by atoms with Crippen LogP contribution in [-0.2, 0) is 14.3 Å². The first-order valence-corrected chi connectivity index (χ1v) is 10.3. The quantitative estimate of drug-likeness (QED) is 0.343. The van der Waals surface area contributed by atoms with Gasteiger partial charge in [-0.15, -0.1) is 0 Å². The summed E-state index contributed by atoms with van der Waals surface area (Å²) in [6, 6.07) is 11.0. The second kappa shape index (κ2) is 10.2. The molecule has 168 valence electrons. The minimum Gasteiger partial charge on any atom is -0.497 e. The van der Waals surface area contributed by atoms with Crippen molar-refractivity contribution in [1.29, 1.82) is 0 Å². The fourth-order valence-corrected chi connectivity index (χ4v) is 3.26. The van der Waals surface area contributed by atoms with Crippen molar-refractivity contribution in [2.24, 2.45) is 0 Å². The van der Waals surface area contributed by atoms with Crippen LogP contribution in [0.1, 0.15) is 30.1 Å². The van der Waals surface area contributed by atoms with Gasteiger partial charge in [0.25, 0.3) is 11.8 Å². The lowest BCUT2D eigenvalue weighted by Crippen LogP contribution is -2.32. The molecule has 8 nitrogen and oxygen atoms in total. The van der Waals surface area contributed by atoms with Gasteiger partial charge in [0.05, 0.1) is 37.8 Å². The zero-order valence-corrected chi connectivity index (χ0v) is 18.7. The number of nitrogens with zero attached hydrogens (tertiary/aromatic N) is 1. The molecule has 1 aliphatic heterocycles. The molecule has 2 aromatic carbocycles. The fourth-order valence-electron chi connectivity index (χ4n) is 3.05. The predicted molar refractivity (Wildman–Crippen MR) is 120 cm³/mol. The maximum Gasteiger partial charge on any atom is 0.338 e. The van der Waals surface area contributed by atoms with Gasteiger partial charge in [0.2, 0.25) is 0 Å². The summed E-state index contributed by atoms with van der Waals surface area (Å²) in [6.07, 6.45) is 1.64. The summed E-state index contributed by atoms with van der Waals surface area (Å²) in [5.41, 5.74) is 0.768. The van der Waals surface area contributed by atoms with Crippen molar-refractivity contribution in [2.75, 3.05) is 31.0 Å². The van der Waals surface area contributed by atoms with Crippen LogP contribution in [0.5, 0.6) is 11.5 Å². The first-order valence-electron chi connectivity index (χ1n) is 9.96. The summed E-state index contributed by atoms with van der Waals surface area (Å²) in [4.78, 5) is 39.0. The molecule has 0 saturated heterocycles. The molecular formula is C23H23ClN2O6. The lowest BCUT2D eigenvalue weighted by Gasteiger charge is -2.17. The van der Waals surface area contributed by atoms with Gasteiger partial charge in [0, 0.05) is 6.07 Å². The first-order chi connectivity index (χ1) is 15.4. The molecule has 3 rings (SSSR count). The Hall–Kier alpha value is -3.52. The number of ether oxygens (including phenoxy) is 3. The lowest BCUT2D eigenvalue weighted by atomic mass is 10.2. The van der Waals surface area contributed by atoms with Crippen molar-refractivity contribution in [2.45, 2.75) is 19.8 Å². The molecule has 0 saturated carbocycles. The zero-order valence-electron chi connectivity index (χ0n) is 17.9. The number of rotatable bonds is 9. The highest BCUT2D eigenvalue weighted by molar-refractivity contribution is 6.53. The Kier molecular flexibility index (Phi) is 7.37. The van der Waals surface area contributed by atoms with E-state index in [1.165, 1.54) is 20.3 Å². The van der Waals surface area contributed by atoms with E-state index in [2.05, 4.69) is 5.32 Å². The summed E-state index contributed by atoms with van der Waals surface area (Å²) in [5.74, 6) is -0.931. The second-order valence-electron chi connectivity index (χ2n) is 6.87. The Morgan fingerprint density at radius 2 is 1.84 bits per heavy atom. The number of methoxy groups -OCH3 is 2. The number of benzene rings is 2. The summed E-state index contributed by atoms with van der Waals surface area (Å²) in [5, 5.41) is 2.60. The molecule has 0 aromatic heterocycles. The van der Waals surface area contributed by atoms with Crippen LogP contribution in [0, 0.1) is 0 Å². The van der Waals surface area contributed by atoms with Gasteiger partial charge in [-0.25, -0.2) is 9.69 Å². The summed E-state index contributed by atoms with van der Waals surface area (Å²) in [6.45, 7) is 2.29. The minimum absolute atomic E-state index is 0.101. The van der Waals surface area contributed by atoms with E-state index >= 15 is 0 Å². The number of esters is 1. The maximum atomic E-state index is 13.1. The van der Waals surface area contributed by atoms with E-state index < -0.39 is 17.8 Å². The van der Waals surface area contributed by atoms with Gasteiger partial charge in [0.1, 0.15) is 22.2 Å². The van der Waals surface area contributed by atoms with E-state index in [-0.39, 0.29) is 22.0 Å². The zero-order chi connectivity index (χ0) is 23.3. The van der Waals surface area contributed by atoms with Crippen molar-refractivity contribution < 1.29 is 28.6 Å². The van der Waals surface area contributed by atoms with E-state index in [0.717, 1.165) is 17.7 Å². The van der Waals surface area contributed by atoms with Crippen molar-refractivity contribution in [1.82, 2.24) is 0 Å². The molecule has 0 unspecified atom stereocenters. The Bertz CT molecular complexity index is 1080. The molecule has 2 aromatic rings. The van der Waals surface area contributed by atoms with Gasteiger partial charge in [-0.1, -0.05) is 31.0 Å². The van der Waals surface area contributed by atoms with Crippen molar-refractivity contribution in [3.8, 4) is 11.5 Å². The SMILES string of the molecule is CCCCOC(=O)c1cccc(N2C(=O)C(Cl)=C(Nc3ccc(OC)cc3OC)C2=O)c1. The van der Waals surface area contributed by atoms with Crippen LogP contribution in [0.3, 0.4) is 0 Å². The highest BCUT2D eigenvalue weighted by Gasteiger charge is 2.39. The average molecular weight is 459 g/mol. The van der Waals surface area contributed by atoms with E-state index in [9.17, 15) is 14.4 Å². The maximum absolute atomic E-state index is 13.1. The number of hydrogen-bond acceptors (Lipinski definition) is 7. The first kappa shape index (κ1) is 23.1. The van der Waals surface area contributed by atoms with Gasteiger partial charge in [-0.3, -0.25) is 9.59 Å². The molecule has 0 radical (unpaired) electrons. The number of carbonyl (C=O) groups is 3. The highest BCUT2D eigenvalue weighted by atomic mass is 35.5. The Morgan fingerprint density at radius 3 is 2.53 bits per heavy atom. The third-order valence-electron chi connectivity index (χ3n) is 4.77. The summed E-state index contributed by atoms with van der Waals surface area (Å²) < 4.78 is 15.7. The van der Waals surface area contributed by atoms with Crippen LogP contribution in [0.2, 0.25) is 0 Å². The fraction of sp³-hybridized carbons (Fsp3) is 0.261. The van der Waals surface area contributed by atoms with E-state index in [4.69, 9.17) is 25.8 Å². The molecule has 2 amide bonds. The lowest BCUT2D eigenvalue weighted by molar-refractivity contribution is -0.120. The smallest absolute Gasteiger partial charge is 0.338 e. The van der Waals surface area contributed by atoms with Crippen molar-refractivity contribution in [3.05, 3.63) is 58.8 Å². The van der Waals surface area contributed by atoms with Crippen molar-refractivity contribution in [3.63, 3.8) is 0 Å². The van der Waals surface area contributed by atoms with Gasteiger partial charge >= 0.3 is 5.97 Å². The molecule has 0 atom stereocenters. The Morgan fingerprint density at radius 1 is 1.06 bits per heavy atom. The standard InChI is InChI=1S/C23H23ClN2O6/c1-4-5-11-32-23(29)14-7-6-8-15(12-14)26-21(27)19(24)20(22(26)28)25-17-10-9-16(30-2)13-18(17)31-3/h6-10,12-13,25H,4-5,11H2,1-3H3. The molecule has 9 heteroatoms. The Labute approximate surface area is 190 Å². The predicted octanol–water partition coefficient (Wildman–Crippen LogP) is 4.10. The van der Waals surface area contributed by atoms with Crippen LogP contribution in [0.25, 0.3) is 0 Å². The molecule has 32 heavy (non-hydrogen) atoms. The molecular weight excluding hydrogens is 436 g/mol. The number of nitrogens with one attached hydrogen (secondary N) is 1. The van der Waals surface area contributed by atoms with Gasteiger partial charge in [-0.2, -0.15) is 0 Å². The topological polar surface area (TPSA) is 94.2 Å². The third-order valence-corrected chi connectivity index (χ3v) is 5.12. The van der Waals surface area contributed by atoms with E-state index in [0.29, 0.717) is 23.8 Å². The number of halogens is 1. The van der Waals surface area contributed by atoms with Gasteiger partial charge < -0.3 is 19.5 Å². The molecule has 0 aliphatic carbocycles. The highest BCUT2D eigenvalue weighted by Crippen LogP contribution is 2.34. The number of carbonyl (C=O) groups excluding carboxylic acids is 3. The molecule has 0 bridgehead atoms. The van der Waals surface area contributed by atoms with Gasteiger partial charge in [0.15, 0.2) is 0 Å². The number of imide groups is 1. The normalized spacial score (nSPS) is 13.4. The van der Waals surface area contributed by atoms with E-state index in [1.54, 1.807) is 36.4 Å². The number of amides is 2. The van der Waals surface area contributed by atoms with Crippen LogP contribution >= 0.6 is 11.6 Å². The number of anilines is 2. The number of hydrogen-bond donors (Lipinski definition) is 1.